The Balaban J connectivity index is 1.93. The third kappa shape index (κ3) is 4.08. The zero-order chi connectivity index (χ0) is 15.3. The molecule has 0 aromatic heterocycles. The van der Waals surface area contributed by atoms with Crippen molar-refractivity contribution in [3.8, 4) is 6.07 Å². The number of nitrogens with one attached hydrogen (secondary N) is 2. The average molecular weight is 310 g/mol. The summed E-state index contributed by atoms with van der Waals surface area (Å²) in [5.74, 6) is -0.794. The Morgan fingerprint density at radius 1 is 1.38 bits per heavy atom. The Hall–Kier alpha value is -1.80. The molecule has 21 heavy (non-hydrogen) atoms. The van der Waals surface area contributed by atoms with Crippen molar-refractivity contribution in [2.75, 3.05) is 11.9 Å². The van der Waals surface area contributed by atoms with Crippen LogP contribution in [-0.4, -0.2) is 18.0 Å². The average Bonchev–Trinajstić information content (AvgIpc) is 2.49. The van der Waals surface area contributed by atoms with Crippen LogP contribution in [0.15, 0.2) is 18.2 Å². The van der Waals surface area contributed by atoms with Crippen LogP contribution in [0.2, 0.25) is 5.02 Å². The summed E-state index contributed by atoms with van der Waals surface area (Å²) in [6.07, 6.45) is 4.29. The van der Waals surface area contributed by atoms with Crippen LogP contribution in [-0.2, 0) is 4.79 Å². The molecule has 0 aliphatic heterocycles. The van der Waals surface area contributed by atoms with Gasteiger partial charge < -0.3 is 10.6 Å². The molecule has 1 fully saturated rings. The third-order valence-corrected chi connectivity index (χ3v) is 3.90. The molecule has 112 valence electrons. The van der Waals surface area contributed by atoms with E-state index in [2.05, 4.69) is 16.7 Å². The summed E-state index contributed by atoms with van der Waals surface area (Å²) in [7, 11) is 0. The second-order valence-corrected chi connectivity index (χ2v) is 5.72. The molecule has 0 atom stereocenters. The highest BCUT2D eigenvalue weighted by Gasteiger charge is 2.33. The van der Waals surface area contributed by atoms with Gasteiger partial charge >= 0.3 is 0 Å². The van der Waals surface area contributed by atoms with E-state index in [0.29, 0.717) is 17.9 Å². The summed E-state index contributed by atoms with van der Waals surface area (Å²) in [5, 5.41) is 15.2. The van der Waals surface area contributed by atoms with Gasteiger partial charge in [0, 0.05) is 5.02 Å². The molecule has 1 aromatic rings. The van der Waals surface area contributed by atoms with Gasteiger partial charge in [0.1, 0.15) is 11.4 Å². The van der Waals surface area contributed by atoms with Gasteiger partial charge in [-0.3, -0.25) is 4.79 Å². The van der Waals surface area contributed by atoms with Gasteiger partial charge in [-0.25, -0.2) is 4.39 Å². The predicted molar refractivity (Wildman–Crippen MR) is 79.5 cm³/mol. The van der Waals surface area contributed by atoms with Crippen molar-refractivity contribution < 1.29 is 9.18 Å². The molecule has 1 aromatic carbocycles. The normalized spacial score (nSPS) is 16.8. The highest BCUT2D eigenvalue weighted by Crippen LogP contribution is 2.27. The number of halogens is 2. The van der Waals surface area contributed by atoms with Crippen LogP contribution in [0.4, 0.5) is 10.1 Å². The first kappa shape index (κ1) is 15.6. The Morgan fingerprint density at radius 2 is 2.10 bits per heavy atom. The van der Waals surface area contributed by atoms with Crippen molar-refractivity contribution in [1.82, 2.24) is 5.32 Å². The van der Waals surface area contributed by atoms with E-state index in [9.17, 15) is 14.4 Å². The zero-order valence-corrected chi connectivity index (χ0v) is 12.3. The number of amides is 1. The molecule has 4 nitrogen and oxygen atoms in total. The van der Waals surface area contributed by atoms with E-state index >= 15 is 0 Å². The Kier molecular flexibility index (Phi) is 5.03. The molecule has 2 N–H and O–H groups in total. The molecular formula is C15H17ClFN3O. The summed E-state index contributed by atoms with van der Waals surface area (Å²) in [6, 6.07) is 6.31. The van der Waals surface area contributed by atoms with Crippen LogP contribution in [0.25, 0.3) is 0 Å². The fraction of sp³-hybridized carbons (Fsp3) is 0.467. The smallest absolute Gasteiger partial charge is 0.240 e. The molecule has 6 heteroatoms. The third-order valence-electron chi connectivity index (χ3n) is 3.67. The van der Waals surface area contributed by atoms with E-state index in [0.717, 1.165) is 19.3 Å². The van der Waals surface area contributed by atoms with Gasteiger partial charge in [-0.2, -0.15) is 5.26 Å². The van der Waals surface area contributed by atoms with Crippen molar-refractivity contribution in [3.05, 3.63) is 29.0 Å². The van der Waals surface area contributed by atoms with E-state index < -0.39 is 11.4 Å². The number of nitrogens with zero attached hydrogens (tertiary/aromatic N) is 1. The molecule has 0 bridgehead atoms. The molecule has 2 rings (SSSR count). The van der Waals surface area contributed by atoms with E-state index in [4.69, 9.17) is 11.6 Å². The monoisotopic (exact) mass is 309 g/mol. The number of benzene rings is 1. The Morgan fingerprint density at radius 3 is 2.76 bits per heavy atom. The molecule has 1 saturated carbocycles. The molecule has 0 spiro atoms. The first-order valence-electron chi connectivity index (χ1n) is 6.96. The van der Waals surface area contributed by atoms with E-state index in [1.807, 2.05) is 0 Å². The fourth-order valence-corrected chi connectivity index (χ4v) is 2.71. The lowest BCUT2D eigenvalue weighted by atomic mass is 9.83. The molecule has 0 unspecified atom stereocenters. The van der Waals surface area contributed by atoms with Gasteiger partial charge in [0.2, 0.25) is 5.91 Å². The van der Waals surface area contributed by atoms with Gasteiger partial charge in [-0.15, -0.1) is 0 Å². The first-order valence-corrected chi connectivity index (χ1v) is 7.34. The predicted octanol–water partition coefficient (Wildman–Crippen LogP) is 3.23. The van der Waals surface area contributed by atoms with Crippen LogP contribution >= 0.6 is 11.6 Å². The van der Waals surface area contributed by atoms with Crippen LogP contribution in [0, 0.1) is 17.1 Å². The minimum atomic E-state index is -0.774. The quantitative estimate of drug-likeness (QED) is 0.897. The van der Waals surface area contributed by atoms with Gasteiger partial charge in [0.25, 0.3) is 0 Å². The number of rotatable bonds is 4. The molecule has 0 saturated heterocycles. The number of carbonyl (C=O) groups is 1. The number of anilines is 1. The molecule has 1 amide bonds. The standard InChI is InChI=1S/C15H17ClFN3O/c16-11-4-5-12(17)13(8-11)19-9-14(21)20-15(10-18)6-2-1-3-7-15/h4-5,8,19H,1-3,6-7,9H2,(H,20,21). The SMILES string of the molecule is N#CC1(NC(=O)CNc2cc(Cl)ccc2F)CCCCC1. The maximum atomic E-state index is 13.5. The second kappa shape index (κ2) is 6.77. The van der Waals surface area contributed by atoms with E-state index in [-0.39, 0.29) is 18.1 Å². The lowest BCUT2D eigenvalue weighted by Gasteiger charge is -2.31. The van der Waals surface area contributed by atoms with Crippen LogP contribution in [0.5, 0.6) is 0 Å². The molecule has 1 aliphatic rings. The maximum absolute atomic E-state index is 13.5. The molecule has 0 radical (unpaired) electrons. The Bertz CT molecular complexity index is 565. The van der Waals surface area contributed by atoms with Gasteiger partial charge in [-0.05, 0) is 31.0 Å². The van der Waals surface area contributed by atoms with Crippen LogP contribution < -0.4 is 10.6 Å². The zero-order valence-electron chi connectivity index (χ0n) is 11.6. The number of nitriles is 1. The summed E-state index contributed by atoms with van der Waals surface area (Å²) < 4.78 is 13.5. The number of hydrogen-bond donors (Lipinski definition) is 2. The van der Waals surface area contributed by atoms with Crippen molar-refractivity contribution in [3.63, 3.8) is 0 Å². The van der Waals surface area contributed by atoms with Crippen molar-refractivity contribution >= 4 is 23.2 Å². The largest absolute Gasteiger partial charge is 0.374 e. The topological polar surface area (TPSA) is 64.9 Å². The van der Waals surface area contributed by atoms with Crippen molar-refractivity contribution in [2.24, 2.45) is 0 Å². The van der Waals surface area contributed by atoms with Crippen LogP contribution in [0.3, 0.4) is 0 Å². The van der Waals surface area contributed by atoms with Crippen LogP contribution in [0.1, 0.15) is 32.1 Å². The van der Waals surface area contributed by atoms with Gasteiger partial charge in [-0.1, -0.05) is 30.9 Å². The van der Waals surface area contributed by atoms with Gasteiger partial charge in [0.05, 0.1) is 18.3 Å². The highest BCUT2D eigenvalue weighted by atomic mass is 35.5. The minimum absolute atomic E-state index is 0.0965. The van der Waals surface area contributed by atoms with Crippen molar-refractivity contribution in [1.29, 1.82) is 5.26 Å². The minimum Gasteiger partial charge on any atom is -0.374 e. The van der Waals surface area contributed by atoms with E-state index in [1.165, 1.54) is 18.2 Å². The number of carbonyl (C=O) groups excluding carboxylic acids is 1. The molecule has 1 aliphatic carbocycles. The molecular weight excluding hydrogens is 293 g/mol. The summed E-state index contributed by atoms with van der Waals surface area (Å²) in [6.45, 7) is -0.0965. The Labute approximate surface area is 128 Å². The summed E-state index contributed by atoms with van der Waals surface area (Å²) >= 11 is 5.78. The lowest BCUT2D eigenvalue weighted by Crippen LogP contribution is -2.50. The summed E-state index contributed by atoms with van der Waals surface area (Å²) in [4.78, 5) is 12.0. The highest BCUT2D eigenvalue weighted by molar-refractivity contribution is 6.30. The van der Waals surface area contributed by atoms with Crippen molar-refractivity contribution in [2.45, 2.75) is 37.6 Å². The first-order chi connectivity index (χ1) is 10.0. The lowest BCUT2D eigenvalue weighted by molar-refractivity contribution is -0.121. The second-order valence-electron chi connectivity index (χ2n) is 5.28. The molecule has 0 heterocycles. The van der Waals surface area contributed by atoms with E-state index in [1.54, 1.807) is 0 Å². The number of hydrogen-bond acceptors (Lipinski definition) is 3. The van der Waals surface area contributed by atoms with Gasteiger partial charge in [0.15, 0.2) is 0 Å². The summed E-state index contributed by atoms with van der Waals surface area (Å²) in [5.41, 5.74) is -0.600. The maximum Gasteiger partial charge on any atom is 0.240 e. The fourth-order valence-electron chi connectivity index (χ4n) is 2.54.